The van der Waals surface area contributed by atoms with Crippen LogP contribution in [0.2, 0.25) is 0 Å². The van der Waals surface area contributed by atoms with Gasteiger partial charge in [-0.3, -0.25) is 14.6 Å². The van der Waals surface area contributed by atoms with Crippen LogP contribution in [0.3, 0.4) is 0 Å². The van der Waals surface area contributed by atoms with Crippen molar-refractivity contribution in [3.05, 3.63) is 46.1 Å². The number of allylic oxidation sites excluding steroid dienone is 2. The maximum absolute atomic E-state index is 13.2. The summed E-state index contributed by atoms with van der Waals surface area (Å²) < 4.78 is 45.1. The standard InChI is InChI=1S/C26H32F3N7O4/c1-25(2,3)23(38)33-20-7-17(26(27,28)29)8-32-21(20)13-40-24(39)36-11-15-9-35(10-16(15)12-36)22(37)14-4-5-18(30)19(6-14)34-31/h7-8,14,31H,4-6,9-13,30H2,1-3H3,(H,33,38)/t14-/m1/s1. The van der Waals surface area contributed by atoms with Gasteiger partial charge in [0.1, 0.15) is 12.3 Å². The van der Waals surface area contributed by atoms with Crippen molar-refractivity contribution in [1.82, 2.24) is 14.8 Å². The summed E-state index contributed by atoms with van der Waals surface area (Å²) in [6, 6.07) is 0.773. The molecule has 0 spiro atoms. The monoisotopic (exact) mass is 563 g/mol. The van der Waals surface area contributed by atoms with Gasteiger partial charge in [-0.2, -0.15) is 18.3 Å². The molecule has 0 bridgehead atoms. The highest BCUT2D eigenvalue weighted by molar-refractivity contribution is 5.95. The van der Waals surface area contributed by atoms with E-state index in [4.69, 9.17) is 16.0 Å². The number of anilines is 1. The Morgan fingerprint density at radius 1 is 1.15 bits per heavy atom. The van der Waals surface area contributed by atoms with Crippen LogP contribution in [-0.4, -0.2) is 58.9 Å². The van der Waals surface area contributed by atoms with E-state index in [1.54, 1.807) is 25.7 Å². The number of aromatic nitrogens is 1. The average molecular weight is 564 g/mol. The van der Waals surface area contributed by atoms with Gasteiger partial charge in [-0.05, 0) is 30.1 Å². The number of amides is 3. The first-order chi connectivity index (χ1) is 18.7. The summed E-state index contributed by atoms with van der Waals surface area (Å²) in [5, 5.41) is 5.91. The van der Waals surface area contributed by atoms with Crippen molar-refractivity contribution in [2.45, 2.75) is 52.8 Å². The molecule has 1 aliphatic carbocycles. The van der Waals surface area contributed by atoms with Crippen molar-refractivity contribution in [1.29, 1.82) is 5.53 Å². The summed E-state index contributed by atoms with van der Waals surface area (Å²) >= 11 is 0. The van der Waals surface area contributed by atoms with Gasteiger partial charge < -0.3 is 25.6 Å². The average Bonchev–Trinajstić information content (AvgIpc) is 3.46. The van der Waals surface area contributed by atoms with E-state index in [-0.39, 0.29) is 36.3 Å². The van der Waals surface area contributed by atoms with E-state index < -0.39 is 35.8 Å². The van der Waals surface area contributed by atoms with Crippen LogP contribution in [0.1, 0.15) is 51.3 Å². The van der Waals surface area contributed by atoms with Crippen molar-refractivity contribution < 1.29 is 32.3 Å². The first-order valence-electron chi connectivity index (χ1n) is 12.8. The zero-order valence-electron chi connectivity index (χ0n) is 22.5. The second-order valence-corrected chi connectivity index (χ2v) is 11.3. The molecule has 14 heteroatoms. The lowest BCUT2D eigenvalue weighted by molar-refractivity contribution is -0.138. The number of carbonyl (C=O) groups is 3. The van der Waals surface area contributed by atoms with Crippen LogP contribution in [0.5, 0.6) is 0 Å². The van der Waals surface area contributed by atoms with E-state index >= 15 is 0 Å². The van der Waals surface area contributed by atoms with Gasteiger partial charge in [0.15, 0.2) is 0 Å². The Morgan fingerprint density at radius 2 is 1.77 bits per heavy atom. The van der Waals surface area contributed by atoms with E-state index in [2.05, 4.69) is 15.4 Å². The molecule has 1 aromatic rings. The van der Waals surface area contributed by atoms with Crippen molar-refractivity contribution in [2.24, 2.45) is 22.2 Å². The minimum Gasteiger partial charge on any atom is -0.443 e. The zero-order valence-corrected chi connectivity index (χ0v) is 22.5. The summed E-state index contributed by atoms with van der Waals surface area (Å²) in [6.45, 7) is 5.69. The zero-order chi connectivity index (χ0) is 29.4. The summed E-state index contributed by atoms with van der Waals surface area (Å²) in [4.78, 5) is 45.3. The quantitative estimate of drug-likeness (QED) is 0.361. The maximum Gasteiger partial charge on any atom is 0.417 e. The van der Waals surface area contributed by atoms with Crippen molar-refractivity contribution in [3.8, 4) is 0 Å². The van der Waals surface area contributed by atoms with Crippen molar-refractivity contribution in [2.75, 3.05) is 31.5 Å². The highest BCUT2D eigenvalue weighted by Crippen LogP contribution is 2.34. The molecule has 0 saturated carbocycles. The molecule has 11 nitrogen and oxygen atoms in total. The molecule has 1 aromatic heterocycles. The van der Waals surface area contributed by atoms with E-state index in [0.29, 0.717) is 49.9 Å². The van der Waals surface area contributed by atoms with Crippen LogP contribution in [0, 0.1) is 16.9 Å². The Bertz CT molecular complexity index is 1280. The minimum atomic E-state index is -4.67. The van der Waals surface area contributed by atoms with Gasteiger partial charge in [-0.1, -0.05) is 20.8 Å². The van der Waals surface area contributed by atoms with Gasteiger partial charge in [-0.15, -0.1) is 0 Å². The molecule has 1 atom stereocenters. The first kappa shape index (κ1) is 29.0. The van der Waals surface area contributed by atoms with Gasteiger partial charge in [0.2, 0.25) is 11.8 Å². The number of halogens is 3. The molecule has 40 heavy (non-hydrogen) atoms. The number of hydrogen-bond acceptors (Lipinski definition) is 8. The molecule has 0 saturated heterocycles. The largest absolute Gasteiger partial charge is 0.443 e. The van der Waals surface area contributed by atoms with E-state index in [9.17, 15) is 27.6 Å². The molecule has 3 aliphatic rings. The number of nitrogens with one attached hydrogen (secondary N) is 2. The number of alkyl halides is 3. The first-order valence-corrected chi connectivity index (χ1v) is 12.8. The number of rotatable bonds is 5. The SMILES string of the molecule is CC(C)(C)C(=O)Nc1cc(C(F)(F)F)cnc1COC(=O)N1CC2=C(C1)CN(C(=O)[C@@H]1CCC(N)=C(N=N)C1)C2. The molecule has 4 N–H and O–H groups in total. The lowest BCUT2D eigenvalue weighted by Gasteiger charge is -2.28. The summed E-state index contributed by atoms with van der Waals surface area (Å²) in [5.41, 5.74) is 13.9. The van der Waals surface area contributed by atoms with Gasteiger partial charge >= 0.3 is 12.3 Å². The highest BCUT2D eigenvalue weighted by atomic mass is 19.4. The van der Waals surface area contributed by atoms with Crippen LogP contribution >= 0.6 is 0 Å². The molecular formula is C26H32F3N7O4. The fourth-order valence-electron chi connectivity index (χ4n) is 4.80. The molecule has 2 aliphatic heterocycles. The third kappa shape index (κ3) is 6.26. The van der Waals surface area contributed by atoms with Gasteiger partial charge in [-0.25, -0.2) is 10.3 Å². The molecule has 4 rings (SSSR count). The normalized spacial score (nSPS) is 19.6. The van der Waals surface area contributed by atoms with E-state index in [1.807, 2.05) is 0 Å². The van der Waals surface area contributed by atoms with Gasteiger partial charge in [0.05, 0.1) is 16.9 Å². The summed E-state index contributed by atoms with van der Waals surface area (Å²) in [7, 11) is 0. The molecule has 3 heterocycles. The minimum absolute atomic E-state index is 0.0172. The predicted molar refractivity (Wildman–Crippen MR) is 136 cm³/mol. The van der Waals surface area contributed by atoms with Crippen LogP contribution in [-0.2, 0) is 27.1 Å². The molecule has 216 valence electrons. The Kier molecular flexibility index (Phi) is 7.90. The van der Waals surface area contributed by atoms with Crippen LogP contribution in [0.15, 0.2) is 39.9 Å². The summed E-state index contributed by atoms with van der Waals surface area (Å²) in [6.07, 6.45) is -3.27. The number of pyridine rings is 1. The van der Waals surface area contributed by atoms with Gasteiger partial charge in [0, 0.05) is 55.8 Å². The Labute approximate surface area is 229 Å². The van der Waals surface area contributed by atoms with Crippen LogP contribution in [0.4, 0.5) is 23.7 Å². The molecule has 3 amide bonds. The molecule has 0 aromatic carbocycles. The predicted octanol–water partition coefficient (Wildman–Crippen LogP) is 4.18. The molecule has 0 fully saturated rings. The number of nitrogens with two attached hydrogens (primary N) is 1. The molecule has 0 radical (unpaired) electrons. The fourth-order valence-corrected chi connectivity index (χ4v) is 4.80. The fraction of sp³-hybridized carbons (Fsp3) is 0.538. The number of carbonyl (C=O) groups excluding carboxylic acids is 3. The second kappa shape index (κ2) is 10.9. The topological polar surface area (TPSA) is 154 Å². The highest BCUT2D eigenvalue weighted by Gasteiger charge is 2.38. The Balaban J connectivity index is 1.34. The third-order valence-corrected chi connectivity index (χ3v) is 7.21. The van der Waals surface area contributed by atoms with Gasteiger partial charge in [0.25, 0.3) is 0 Å². The van der Waals surface area contributed by atoms with Crippen molar-refractivity contribution >= 4 is 23.6 Å². The lowest BCUT2D eigenvalue weighted by Crippen LogP contribution is -2.40. The third-order valence-electron chi connectivity index (χ3n) is 7.21. The number of ether oxygens (including phenoxy) is 1. The van der Waals surface area contributed by atoms with Crippen LogP contribution in [0.25, 0.3) is 0 Å². The lowest BCUT2D eigenvalue weighted by atomic mass is 9.89. The summed E-state index contributed by atoms with van der Waals surface area (Å²) in [5.74, 6) is -0.837. The molecular weight excluding hydrogens is 531 g/mol. The number of hydrogen-bond donors (Lipinski definition) is 3. The van der Waals surface area contributed by atoms with E-state index in [1.165, 1.54) is 4.90 Å². The second-order valence-electron chi connectivity index (χ2n) is 11.3. The maximum atomic E-state index is 13.2. The Hall–Kier alpha value is -3.97. The molecule has 0 unspecified atom stereocenters. The van der Waals surface area contributed by atoms with Crippen molar-refractivity contribution in [3.63, 3.8) is 0 Å². The Morgan fingerprint density at radius 3 is 2.35 bits per heavy atom. The van der Waals surface area contributed by atoms with E-state index in [0.717, 1.165) is 17.2 Å². The smallest absolute Gasteiger partial charge is 0.417 e. The van der Waals surface area contributed by atoms with Crippen LogP contribution < -0.4 is 11.1 Å². The number of nitrogens with zero attached hydrogens (tertiary/aromatic N) is 4.